The van der Waals surface area contributed by atoms with Crippen molar-refractivity contribution in [3.63, 3.8) is 0 Å². The third-order valence-corrected chi connectivity index (χ3v) is 3.90. The molecular weight excluding hydrogens is 300 g/mol. The predicted octanol–water partition coefficient (Wildman–Crippen LogP) is 0.662. The number of rotatable bonds is 3. The lowest BCUT2D eigenvalue weighted by atomic mass is 10.1. The molecule has 0 radical (unpaired) electrons. The monoisotopic (exact) mass is 318 g/mol. The highest BCUT2D eigenvalue weighted by molar-refractivity contribution is 5.95. The van der Waals surface area contributed by atoms with Gasteiger partial charge in [0.2, 0.25) is 0 Å². The standard InChI is InChI=1S/C15H18N4O4/c1-9-5-13-16-7-12(10(2)19(13)17-9)15(22)18-3-4-23-11(8-18)6-14(20)21/h5,7,11H,3-4,6,8H2,1-2H3,(H,20,21). The summed E-state index contributed by atoms with van der Waals surface area (Å²) in [5, 5.41) is 13.2. The summed E-state index contributed by atoms with van der Waals surface area (Å²) >= 11 is 0. The van der Waals surface area contributed by atoms with Crippen molar-refractivity contribution in [1.29, 1.82) is 0 Å². The lowest BCUT2D eigenvalue weighted by Gasteiger charge is -2.32. The van der Waals surface area contributed by atoms with Crippen LogP contribution in [0.15, 0.2) is 12.3 Å². The van der Waals surface area contributed by atoms with Crippen LogP contribution < -0.4 is 0 Å². The molecule has 8 heteroatoms. The van der Waals surface area contributed by atoms with E-state index in [1.807, 2.05) is 19.9 Å². The number of hydrogen-bond acceptors (Lipinski definition) is 5. The zero-order chi connectivity index (χ0) is 16.6. The largest absolute Gasteiger partial charge is 0.481 e. The van der Waals surface area contributed by atoms with E-state index in [4.69, 9.17) is 9.84 Å². The Morgan fingerprint density at radius 3 is 2.96 bits per heavy atom. The lowest BCUT2D eigenvalue weighted by Crippen LogP contribution is -2.46. The Hall–Kier alpha value is -2.48. The van der Waals surface area contributed by atoms with Crippen LogP contribution in [-0.2, 0) is 9.53 Å². The average Bonchev–Trinajstić information content (AvgIpc) is 2.88. The van der Waals surface area contributed by atoms with E-state index in [1.54, 1.807) is 15.6 Å². The second kappa shape index (κ2) is 5.96. The fourth-order valence-electron chi connectivity index (χ4n) is 2.77. The number of carbonyl (C=O) groups excluding carboxylic acids is 1. The Morgan fingerprint density at radius 1 is 1.43 bits per heavy atom. The fourth-order valence-corrected chi connectivity index (χ4v) is 2.77. The zero-order valence-corrected chi connectivity index (χ0v) is 13.0. The third-order valence-electron chi connectivity index (χ3n) is 3.90. The van der Waals surface area contributed by atoms with Crippen molar-refractivity contribution in [3.8, 4) is 0 Å². The predicted molar refractivity (Wildman–Crippen MR) is 80.4 cm³/mol. The minimum atomic E-state index is -0.935. The van der Waals surface area contributed by atoms with Crippen molar-refractivity contribution >= 4 is 17.5 Å². The number of carboxylic acid groups (broad SMARTS) is 1. The minimum absolute atomic E-state index is 0.113. The number of carbonyl (C=O) groups is 2. The number of carboxylic acids is 1. The van der Waals surface area contributed by atoms with Gasteiger partial charge in [-0.2, -0.15) is 5.10 Å². The van der Waals surface area contributed by atoms with Crippen molar-refractivity contribution in [2.45, 2.75) is 26.4 Å². The van der Waals surface area contributed by atoms with E-state index in [1.165, 1.54) is 0 Å². The van der Waals surface area contributed by atoms with Gasteiger partial charge in [-0.15, -0.1) is 0 Å². The van der Waals surface area contributed by atoms with Crippen molar-refractivity contribution in [3.05, 3.63) is 29.2 Å². The van der Waals surface area contributed by atoms with Gasteiger partial charge in [-0.3, -0.25) is 9.59 Å². The second-order valence-electron chi connectivity index (χ2n) is 5.65. The van der Waals surface area contributed by atoms with Gasteiger partial charge < -0.3 is 14.7 Å². The Balaban J connectivity index is 1.85. The molecule has 0 spiro atoms. The Morgan fingerprint density at radius 2 is 2.22 bits per heavy atom. The van der Waals surface area contributed by atoms with Crippen LogP contribution >= 0.6 is 0 Å². The van der Waals surface area contributed by atoms with E-state index >= 15 is 0 Å². The molecule has 1 saturated heterocycles. The first-order chi connectivity index (χ1) is 11.0. The maximum absolute atomic E-state index is 12.7. The van der Waals surface area contributed by atoms with Crippen molar-refractivity contribution in [1.82, 2.24) is 19.5 Å². The Labute approximate surface area is 132 Å². The van der Waals surface area contributed by atoms with Crippen LogP contribution in [0, 0.1) is 13.8 Å². The van der Waals surface area contributed by atoms with Gasteiger partial charge in [0.05, 0.1) is 36.1 Å². The molecular formula is C15H18N4O4. The molecule has 0 aromatic carbocycles. The normalized spacial score (nSPS) is 18.3. The molecule has 1 aliphatic rings. The third kappa shape index (κ3) is 3.02. The molecule has 0 aliphatic carbocycles. The summed E-state index contributed by atoms with van der Waals surface area (Å²) in [5.74, 6) is -1.11. The van der Waals surface area contributed by atoms with Crippen molar-refractivity contribution < 1.29 is 19.4 Å². The lowest BCUT2D eigenvalue weighted by molar-refractivity contribution is -0.141. The molecule has 2 aromatic heterocycles. The van der Waals surface area contributed by atoms with Crippen LogP contribution in [0.25, 0.3) is 5.65 Å². The summed E-state index contributed by atoms with van der Waals surface area (Å²) in [6, 6.07) is 1.85. The maximum Gasteiger partial charge on any atom is 0.306 e. The van der Waals surface area contributed by atoms with E-state index < -0.39 is 12.1 Å². The van der Waals surface area contributed by atoms with Gasteiger partial charge in [0.25, 0.3) is 5.91 Å². The van der Waals surface area contributed by atoms with E-state index in [0.717, 1.165) is 11.4 Å². The SMILES string of the molecule is Cc1cc2ncc(C(=O)N3CCOC(CC(=O)O)C3)c(C)n2n1. The molecule has 1 aliphatic heterocycles. The molecule has 1 unspecified atom stereocenters. The van der Waals surface area contributed by atoms with Gasteiger partial charge in [-0.1, -0.05) is 0 Å². The summed E-state index contributed by atoms with van der Waals surface area (Å²) in [6.45, 7) is 4.72. The van der Waals surface area contributed by atoms with Crippen molar-refractivity contribution in [2.24, 2.45) is 0 Å². The van der Waals surface area contributed by atoms with E-state index in [0.29, 0.717) is 24.4 Å². The summed E-state index contributed by atoms with van der Waals surface area (Å²) in [7, 11) is 0. The molecule has 0 saturated carbocycles. The smallest absolute Gasteiger partial charge is 0.306 e. The Kier molecular flexibility index (Phi) is 3.99. The van der Waals surface area contributed by atoms with E-state index in [9.17, 15) is 9.59 Å². The summed E-state index contributed by atoms with van der Waals surface area (Å²) < 4.78 is 7.05. The molecule has 1 atom stereocenters. The van der Waals surface area contributed by atoms with Gasteiger partial charge in [0, 0.05) is 25.4 Å². The number of fused-ring (bicyclic) bond motifs is 1. The van der Waals surface area contributed by atoms with Crippen molar-refractivity contribution in [2.75, 3.05) is 19.7 Å². The van der Waals surface area contributed by atoms with Gasteiger partial charge in [-0.25, -0.2) is 9.50 Å². The Bertz CT molecular complexity index is 770. The molecule has 0 bridgehead atoms. The van der Waals surface area contributed by atoms with Gasteiger partial charge in [0.15, 0.2) is 5.65 Å². The maximum atomic E-state index is 12.7. The molecule has 122 valence electrons. The quantitative estimate of drug-likeness (QED) is 0.893. The molecule has 1 N–H and O–H groups in total. The van der Waals surface area contributed by atoms with E-state index in [-0.39, 0.29) is 18.9 Å². The second-order valence-corrected chi connectivity index (χ2v) is 5.65. The van der Waals surface area contributed by atoms with Gasteiger partial charge in [-0.05, 0) is 13.8 Å². The van der Waals surface area contributed by atoms with Crippen LogP contribution in [0.5, 0.6) is 0 Å². The van der Waals surface area contributed by atoms with Gasteiger partial charge >= 0.3 is 5.97 Å². The fraction of sp³-hybridized carbons (Fsp3) is 0.467. The summed E-state index contributed by atoms with van der Waals surface area (Å²) in [6.07, 6.45) is 0.961. The van der Waals surface area contributed by atoms with Crippen LogP contribution in [0.4, 0.5) is 0 Å². The van der Waals surface area contributed by atoms with Crippen LogP contribution in [0.1, 0.15) is 28.2 Å². The first-order valence-electron chi connectivity index (χ1n) is 7.40. The highest BCUT2D eigenvalue weighted by atomic mass is 16.5. The minimum Gasteiger partial charge on any atom is -0.481 e. The first kappa shape index (κ1) is 15.4. The number of aryl methyl sites for hydroxylation is 2. The topological polar surface area (TPSA) is 97.0 Å². The zero-order valence-electron chi connectivity index (χ0n) is 13.0. The molecule has 2 aromatic rings. The number of ether oxygens (including phenoxy) is 1. The number of aromatic nitrogens is 3. The molecule has 3 rings (SSSR count). The number of morpholine rings is 1. The van der Waals surface area contributed by atoms with Crippen LogP contribution in [-0.4, -0.2) is 62.3 Å². The number of amides is 1. The van der Waals surface area contributed by atoms with Crippen LogP contribution in [0.2, 0.25) is 0 Å². The molecule has 23 heavy (non-hydrogen) atoms. The molecule has 1 amide bonds. The summed E-state index contributed by atoms with van der Waals surface area (Å²) in [4.78, 5) is 29.4. The van der Waals surface area contributed by atoms with E-state index in [2.05, 4.69) is 10.1 Å². The first-order valence-corrected chi connectivity index (χ1v) is 7.40. The molecule has 3 heterocycles. The molecule has 1 fully saturated rings. The number of hydrogen-bond donors (Lipinski definition) is 1. The highest BCUT2D eigenvalue weighted by Gasteiger charge is 2.28. The highest BCUT2D eigenvalue weighted by Crippen LogP contribution is 2.16. The average molecular weight is 318 g/mol. The van der Waals surface area contributed by atoms with Crippen LogP contribution in [0.3, 0.4) is 0 Å². The van der Waals surface area contributed by atoms with Gasteiger partial charge in [0.1, 0.15) is 0 Å². The molecule has 8 nitrogen and oxygen atoms in total. The summed E-state index contributed by atoms with van der Waals surface area (Å²) in [5.41, 5.74) is 2.71. The number of nitrogens with zero attached hydrogens (tertiary/aromatic N) is 4. The number of aliphatic carboxylic acids is 1.